The van der Waals surface area contributed by atoms with E-state index >= 15 is 0 Å². The predicted octanol–water partition coefficient (Wildman–Crippen LogP) is 2.67. The van der Waals surface area contributed by atoms with Crippen LogP contribution in [0.5, 0.6) is 5.75 Å². The highest BCUT2D eigenvalue weighted by molar-refractivity contribution is 6.99. The lowest BCUT2D eigenvalue weighted by molar-refractivity contribution is 0.0951. The van der Waals surface area contributed by atoms with Gasteiger partial charge in [-0.15, -0.1) is 0 Å². The Bertz CT molecular complexity index is 903. The number of carbonyl (C=O) groups excluding carboxylic acids is 1. The van der Waals surface area contributed by atoms with E-state index in [0.717, 1.165) is 22.8 Å². The number of rotatable bonds is 7. The Hall–Kier alpha value is -2.74. The van der Waals surface area contributed by atoms with E-state index in [4.69, 9.17) is 4.74 Å². The molecule has 0 bridgehead atoms. The third-order valence-electron chi connectivity index (χ3n) is 3.93. The van der Waals surface area contributed by atoms with E-state index in [-0.39, 0.29) is 5.91 Å². The molecular weight excluding hydrogens is 350 g/mol. The molecule has 0 atom stereocenters. The van der Waals surface area contributed by atoms with E-state index in [0.29, 0.717) is 31.0 Å². The Labute approximate surface area is 156 Å². The summed E-state index contributed by atoms with van der Waals surface area (Å²) in [5.41, 5.74) is 4.30. The van der Waals surface area contributed by atoms with E-state index in [9.17, 15) is 4.79 Å². The third-order valence-corrected chi connectivity index (χ3v) is 4.59. The van der Waals surface area contributed by atoms with Crippen molar-refractivity contribution in [3.8, 4) is 5.75 Å². The van der Waals surface area contributed by atoms with Crippen LogP contribution in [0.2, 0.25) is 0 Å². The Morgan fingerprint density at radius 2 is 2.08 bits per heavy atom. The minimum Gasteiger partial charge on any atom is -0.487 e. The summed E-state index contributed by atoms with van der Waals surface area (Å²) in [7, 11) is 0. The van der Waals surface area contributed by atoms with Gasteiger partial charge in [0.1, 0.15) is 18.1 Å². The summed E-state index contributed by atoms with van der Waals surface area (Å²) in [6, 6.07) is 9.14. The van der Waals surface area contributed by atoms with Gasteiger partial charge in [0.15, 0.2) is 0 Å². The molecule has 3 aromatic rings. The fourth-order valence-corrected chi connectivity index (χ4v) is 3.09. The minimum absolute atomic E-state index is 0.136. The average molecular weight is 371 g/mol. The molecule has 136 valence electrons. The second kappa shape index (κ2) is 8.09. The summed E-state index contributed by atoms with van der Waals surface area (Å²) in [5.74, 6) is 0.493. The van der Waals surface area contributed by atoms with Crippen molar-refractivity contribution in [2.24, 2.45) is 0 Å². The molecule has 3 rings (SSSR count). The first-order valence-corrected chi connectivity index (χ1v) is 9.06. The van der Waals surface area contributed by atoms with Gasteiger partial charge in [-0.25, -0.2) is 0 Å². The van der Waals surface area contributed by atoms with Gasteiger partial charge in [-0.05, 0) is 45.0 Å². The first-order chi connectivity index (χ1) is 12.5. The second-order valence-corrected chi connectivity index (χ2v) is 6.55. The molecule has 26 heavy (non-hydrogen) atoms. The summed E-state index contributed by atoms with van der Waals surface area (Å²) >= 11 is 1.17. The number of ether oxygens (including phenoxy) is 1. The maximum absolute atomic E-state index is 12.3. The van der Waals surface area contributed by atoms with Crippen LogP contribution in [0.1, 0.15) is 33.1 Å². The lowest BCUT2D eigenvalue weighted by atomic mass is 10.2. The van der Waals surface area contributed by atoms with E-state index < -0.39 is 0 Å². The van der Waals surface area contributed by atoms with Crippen LogP contribution in [0.25, 0.3) is 0 Å². The zero-order valence-electron chi connectivity index (χ0n) is 15.0. The normalized spacial score (nSPS) is 10.7. The molecule has 0 saturated heterocycles. The van der Waals surface area contributed by atoms with Crippen LogP contribution in [0.3, 0.4) is 0 Å². The molecule has 0 aliphatic carbocycles. The van der Waals surface area contributed by atoms with Crippen LogP contribution in [0.15, 0.2) is 30.3 Å². The van der Waals surface area contributed by atoms with Crippen molar-refractivity contribution in [3.05, 3.63) is 58.7 Å². The number of benzene rings is 1. The number of nitrogens with zero attached hydrogens (tertiary/aromatic N) is 4. The van der Waals surface area contributed by atoms with Crippen molar-refractivity contribution in [1.82, 2.24) is 23.8 Å². The summed E-state index contributed by atoms with van der Waals surface area (Å²) in [6.45, 7) is 7.34. The zero-order chi connectivity index (χ0) is 18.5. The summed E-state index contributed by atoms with van der Waals surface area (Å²) in [4.78, 5) is 12.3. The quantitative estimate of drug-likeness (QED) is 0.690. The van der Waals surface area contributed by atoms with Gasteiger partial charge in [0.2, 0.25) is 0 Å². The van der Waals surface area contributed by atoms with Crippen LogP contribution in [-0.2, 0) is 13.2 Å². The van der Waals surface area contributed by atoms with Gasteiger partial charge < -0.3 is 10.1 Å². The number of nitrogens with one attached hydrogen (secondary N) is 1. The Kier molecular flexibility index (Phi) is 5.62. The number of hydrogen-bond acceptors (Lipinski definition) is 6. The number of aryl methyl sites for hydroxylation is 3. The maximum atomic E-state index is 12.3. The number of carbonyl (C=O) groups is 1. The van der Waals surface area contributed by atoms with E-state index in [1.165, 1.54) is 11.7 Å². The van der Waals surface area contributed by atoms with Gasteiger partial charge in [0, 0.05) is 17.8 Å². The third kappa shape index (κ3) is 4.45. The lowest BCUT2D eigenvalue weighted by Crippen LogP contribution is -2.27. The highest BCUT2D eigenvalue weighted by atomic mass is 32.1. The molecule has 0 radical (unpaired) electrons. The Morgan fingerprint density at radius 3 is 2.77 bits per heavy atom. The molecule has 0 spiro atoms. The molecule has 0 aliphatic heterocycles. The molecule has 2 heterocycles. The number of hydrogen-bond donors (Lipinski definition) is 1. The Morgan fingerprint density at radius 1 is 1.23 bits per heavy atom. The molecule has 0 saturated carbocycles. The van der Waals surface area contributed by atoms with Gasteiger partial charge in [0.25, 0.3) is 5.91 Å². The van der Waals surface area contributed by atoms with E-state index in [2.05, 4.69) is 19.2 Å². The van der Waals surface area contributed by atoms with Gasteiger partial charge >= 0.3 is 0 Å². The first-order valence-electron chi connectivity index (χ1n) is 8.33. The molecule has 0 aliphatic rings. The molecule has 2 aromatic heterocycles. The Balaban J connectivity index is 1.54. The van der Waals surface area contributed by atoms with Crippen LogP contribution in [0, 0.1) is 20.8 Å². The maximum Gasteiger partial charge on any atom is 0.251 e. The predicted molar refractivity (Wildman–Crippen MR) is 99.5 cm³/mol. The van der Waals surface area contributed by atoms with Crippen molar-refractivity contribution in [2.45, 2.75) is 33.9 Å². The van der Waals surface area contributed by atoms with Crippen molar-refractivity contribution >= 4 is 17.6 Å². The number of aromatic nitrogens is 4. The topological polar surface area (TPSA) is 81.9 Å². The monoisotopic (exact) mass is 371 g/mol. The molecular formula is C18H21N5O2S. The molecule has 1 aromatic carbocycles. The van der Waals surface area contributed by atoms with E-state index in [1.807, 2.05) is 37.6 Å². The fourth-order valence-electron chi connectivity index (χ4n) is 2.54. The largest absolute Gasteiger partial charge is 0.487 e. The van der Waals surface area contributed by atoms with Gasteiger partial charge in [-0.1, -0.05) is 6.07 Å². The lowest BCUT2D eigenvalue weighted by Gasteiger charge is -2.09. The number of amides is 1. The standard InChI is InChI=1S/C18H21N5O2S/c1-12-9-13(2)23(20-12)8-7-19-18(24)15-5-4-6-16(10-15)25-11-17-14(3)21-26-22-17/h4-6,9-10H,7-8,11H2,1-3H3,(H,19,24). The van der Waals surface area contributed by atoms with E-state index in [1.54, 1.807) is 18.2 Å². The molecule has 1 N–H and O–H groups in total. The fraction of sp³-hybridized carbons (Fsp3) is 0.333. The molecule has 0 fully saturated rings. The molecule has 8 heteroatoms. The second-order valence-electron chi connectivity index (χ2n) is 6.02. The van der Waals surface area contributed by atoms with Crippen molar-refractivity contribution in [3.63, 3.8) is 0 Å². The van der Waals surface area contributed by atoms with Crippen LogP contribution >= 0.6 is 11.7 Å². The van der Waals surface area contributed by atoms with Crippen molar-refractivity contribution < 1.29 is 9.53 Å². The first kappa shape index (κ1) is 18.1. The minimum atomic E-state index is -0.136. The molecule has 7 nitrogen and oxygen atoms in total. The smallest absolute Gasteiger partial charge is 0.251 e. The molecule has 1 amide bonds. The summed E-state index contributed by atoms with van der Waals surface area (Å²) in [6.07, 6.45) is 0. The van der Waals surface area contributed by atoms with Crippen molar-refractivity contribution in [1.29, 1.82) is 0 Å². The van der Waals surface area contributed by atoms with Crippen LogP contribution < -0.4 is 10.1 Å². The SMILES string of the molecule is Cc1cc(C)n(CCNC(=O)c2cccc(OCc3nsnc3C)c2)n1. The van der Waals surface area contributed by atoms with Gasteiger partial charge in [0.05, 0.1) is 29.7 Å². The highest BCUT2D eigenvalue weighted by Crippen LogP contribution is 2.16. The van der Waals surface area contributed by atoms with Crippen molar-refractivity contribution in [2.75, 3.05) is 6.54 Å². The van der Waals surface area contributed by atoms with Crippen LogP contribution in [0.4, 0.5) is 0 Å². The van der Waals surface area contributed by atoms with Gasteiger partial charge in [-0.3, -0.25) is 9.48 Å². The zero-order valence-corrected chi connectivity index (χ0v) is 15.8. The summed E-state index contributed by atoms with van der Waals surface area (Å²) < 4.78 is 15.9. The molecule has 0 unspecified atom stereocenters. The van der Waals surface area contributed by atoms with Gasteiger partial charge in [-0.2, -0.15) is 13.8 Å². The van der Waals surface area contributed by atoms with Crippen LogP contribution in [-0.4, -0.2) is 31.0 Å². The average Bonchev–Trinajstić information content (AvgIpc) is 3.17. The highest BCUT2D eigenvalue weighted by Gasteiger charge is 2.09. The summed E-state index contributed by atoms with van der Waals surface area (Å²) in [5, 5.41) is 7.30.